The van der Waals surface area contributed by atoms with Gasteiger partial charge >= 0.3 is 0 Å². The Morgan fingerprint density at radius 1 is 1.53 bits per heavy atom. The molecule has 1 aliphatic rings. The second-order valence-electron chi connectivity index (χ2n) is 5.61. The van der Waals surface area contributed by atoms with Gasteiger partial charge in [0.05, 0.1) is 19.2 Å². The zero-order chi connectivity index (χ0) is 14.6. The minimum absolute atomic E-state index is 0.0216. The van der Waals surface area contributed by atoms with Crippen molar-refractivity contribution in [2.45, 2.75) is 39.3 Å². The summed E-state index contributed by atoms with van der Waals surface area (Å²) in [4.78, 5) is 24.5. The Labute approximate surface area is 114 Å². The molecule has 6 nitrogen and oxygen atoms in total. The van der Waals surface area contributed by atoms with Crippen molar-refractivity contribution in [1.82, 2.24) is 10.6 Å². The molecule has 1 aliphatic heterocycles. The molecule has 19 heavy (non-hydrogen) atoms. The van der Waals surface area contributed by atoms with Gasteiger partial charge in [0.15, 0.2) is 12.6 Å². The molecule has 106 valence electrons. The zero-order valence-corrected chi connectivity index (χ0v) is 12.0. The van der Waals surface area contributed by atoms with E-state index in [9.17, 15) is 14.9 Å². The SMILES string of the molecule is CC(C)[C@](C)(C#N)NC(=O)[C@H](C)[NH+]1CCNC(=O)C1. The van der Waals surface area contributed by atoms with Crippen LogP contribution in [0.3, 0.4) is 0 Å². The van der Waals surface area contributed by atoms with Crippen molar-refractivity contribution in [1.29, 1.82) is 5.26 Å². The largest absolute Gasteiger partial charge is 0.346 e. The lowest BCUT2D eigenvalue weighted by atomic mass is 9.89. The van der Waals surface area contributed by atoms with Crippen LogP contribution in [0.25, 0.3) is 0 Å². The summed E-state index contributed by atoms with van der Waals surface area (Å²) >= 11 is 0. The number of nitrogens with zero attached hydrogens (tertiary/aromatic N) is 1. The highest BCUT2D eigenvalue weighted by Crippen LogP contribution is 2.14. The first-order valence-corrected chi connectivity index (χ1v) is 6.64. The Morgan fingerprint density at radius 3 is 2.63 bits per heavy atom. The molecular weight excluding hydrogens is 244 g/mol. The predicted molar refractivity (Wildman–Crippen MR) is 70.2 cm³/mol. The third-order valence-corrected chi connectivity index (χ3v) is 3.93. The van der Waals surface area contributed by atoms with Crippen LogP contribution in [-0.4, -0.2) is 43.0 Å². The van der Waals surface area contributed by atoms with E-state index < -0.39 is 5.54 Å². The first-order chi connectivity index (χ1) is 8.80. The van der Waals surface area contributed by atoms with Crippen LogP contribution < -0.4 is 15.5 Å². The second kappa shape index (κ2) is 6.02. The van der Waals surface area contributed by atoms with Crippen molar-refractivity contribution >= 4 is 11.8 Å². The molecule has 1 rings (SSSR count). The van der Waals surface area contributed by atoms with Crippen molar-refractivity contribution in [3.8, 4) is 6.07 Å². The van der Waals surface area contributed by atoms with Gasteiger partial charge in [-0.25, -0.2) is 0 Å². The maximum absolute atomic E-state index is 12.2. The highest BCUT2D eigenvalue weighted by atomic mass is 16.2. The lowest BCUT2D eigenvalue weighted by molar-refractivity contribution is -0.907. The Kier molecular flexibility index (Phi) is 4.90. The van der Waals surface area contributed by atoms with E-state index in [1.165, 1.54) is 0 Å². The normalized spacial score (nSPS) is 24.0. The molecule has 0 aliphatic carbocycles. The molecule has 1 heterocycles. The van der Waals surface area contributed by atoms with Gasteiger partial charge in [-0.1, -0.05) is 13.8 Å². The fourth-order valence-electron chi connectivity index (χ4n) is 1.94. The molecule has 0 radical (unpaired) electrons. The molecule has 1 fully saturated rings. The monoisotopic (exact) mass is 267 g/mol. The van der Waals surface area contributed by atoms with Gasteiger partial charge in [0.1, 0.15) is 5.54 Å². The van der Waals surface area contributed by atoms with Crippen molar-refractivity contribution < 1.29 is 14.5 Å². The van der Waals surface area contributed by atoms with Crippen LogP contribution in [0.2, 0.25) is 0 Å². The molecule has 0 saturated carbocycles. The lowest BCUT2D eigenvalue weighted by Gasteiger charge is -2.32. The highest BCUT2D eigenvalue weighted by molar-refractivity contribution is 5.82. The van der Waals surface area contributed by atoms with E-state index in [0.717, 1.165) is 11.4 Å². The van der Waals surface area contributed by atoms with Gasteiger partial charge in [0.25, 0.3) is 11.8 Å². The van der Waals surface area contributed by atoms with E-state index in [-0.39, 0.29) is 23.8 Å². The fourth-order valence-corrected chi connectivity index (χ4v) is 1.94. The quantitative estimate of drug-likeness (QED) is 0.576. The summed E-state index contributed by atoms with van der Waals surface area (Å²) in [6, 6.07) is 1.82. The topological polar surface area (TPSA) is 86.4 Å². The van der Waals surface area contributed by atoms with Gasteiger partial charge in [-0.2, -0.15) is 5.26 Å². The first-order valence-electron chi connectivity index (χ1n) is 6.64. The third-order valence-electron chi connectivity index (χ3n) is 3.93. The maximum Gasteiger partial charge on any atom is 0.279 e. The van der Waals surface area contributed by atoms with E-state index in [1.54, 1.807) is 13.8 Å². The molecule has 1 saturated heterocycles. The van der Waals surface area contributed by atoms with Crippen LogP contribution in [0, 0.1) is 17.2 Å². The van der Waals surface area contributed by atoms with Crippen LogP contribution in [0.5, 0.6) is 0 Å². The molecule has 2 amide bonds. The summed E-state index contributed by atoms with van der Waals surface area (Å²) < 4.78 is 0. The number of amides is 2. The van der Waals surface area contributed by atoms with Crippen molar-refractivity contribution in [2.75, 3.05) is 19.6 Å². The summed E-state index contributed by atoms with van der Waals surface area (Å²) in [6.07, 6.45) is 0. The van der Waals surface area contributed by atoms with Crippen molar-refractivity contribution in [2.24, 2.45) is 5.92 Å². The number of carbonyl (C=O) groups is 2. The average molecular weight is 267 g/mol. The number of quaternary nitrogens is 1. The summed E-state index contributed by atoms with van der Waals surface area (Å²) in [5, 5.41) is 14.7. The highest BCUT2D eigenvalue weighted by Gasteiger charge is 2.36. The van der Waals surface area contributed by atoms with Crippen LogP contribution in [0.1, 0.15) is 27.7 Å². The summed E-state index contributed by atoms with van der Waals surface area (Å²) in [5.74, 6) is -0.191. The first kappa shape index (κ1) is 15.4. The van der Waals surface area contributed by atoms with Crippen LogP contribution in [-0.2, 0) is 9.59 Å². The molecule has 3 N–H and O–H groups in total. The molecule has 0 spiro atoms. The maximum atomic E-state index is 12.2. The van der Waals surface area contributed by atoms with Crippen LogP contribution in [0.4, 0.5) is 0 Å². The number of carbonyl (C=O) groups excluding carboxylic acids is 2. The molecule has 6 heteroatoms. The van der Waals surface area contributed by atoms with Gasteiger partial charge in [-0.3, -0.25) is 9.59 Å². The number of nitrogens with one attached hydrogen (secondary N) is 3. The minimum Gasteiger partial charge on any atom is -0.346 e. The molecule has 0 aromatic heterocycles. The number of piperazine rings is 1. The summed E-state index contributed by atoms with van der Waals surface area (Å²) in [6.45, 7) is 8.93. The van der Waals surface area contributed by atoms with Crippen molar-refractivity contribution in [3.63, 3.8) is 0 Å². The Morgan fingerprint density at radius 2 is 2.16 bits per heavy atom. The molecule has 0 bridgehead atoms. The minimum atomic E-state index is -0.872. The summed E-state index contributed by atoms with van der Waals surface area (Å²) in [5.41, 5.74) is -0.872. The van der Waals surface area contributed by atoms with Gasteiger partial charge in [0, 0.05) is 0 Å². The van der Waals surface area contributed by atoms with E-state index in [1.807, 2.05) is 13.8 Å². The van der Waals surface area contributed by atoms with E-state index >= 15 is 0 Å². The molecule has 0 aromatic carbocycles. The Balaban J connectivity index is 2.67. The van der Waals surface area contributed by atoms with Crippen LogP contribution in [0.15, 0.2) is 0 Å². The number of hydrogen-bond acceptors (Lipinski definition) is 3. The third kappa shape index (κ3) is 3.67. The van der Waals surface area contributed by atoms with Gasteiger partial charge in [-0.05, 0) is 19.8 Å². The van der Waals surface area contributed by atoms with E-state index in [2.05, 4.69) is 16.7 Å². The number of nitriles is 1. The Hall–Kier alpha value is -1.61. The van der Waals surface area contributed by atoms with E-state index in [4.69, 9.17) is 0 Å². The van der Waals surface area contributed by atoms with Gasteiger partial charge in [-0.15, -0.1) is 0 Å². The van der Waals surface area contributed by atoms with Gasteiger partial charge < -0.3 is 15.5 Å². The van der Waals surface area contributed by atoms with Crippen LogP contribution >= 0.6 is 0 Å². The standard InChI is InChI=1S/C13H22N4O2/c1-9(2)13(4,8-14)16-12(19)10(3)17-6-5-15-11(18)7-17/h9-10H,5-7H2,1-4H3,(H,15,18)(H,16,19)/p+1/t10-,13-/m0/s1. The molecular formula is C13H23N4O2+. The second-order valence-corrected chi connectivity index (χ2v) is 5.61. The summed E-state index contributed by atoms with van der Waals surface area (Å²) in [7, 11) is 0. The molecule has 3 atom stereocenters. The smallest absolute Gasteiger partial charge is 0.279 e. The number of rotatable bonds is 4. The molecule has 0 aromatic rings. The number of hydrogen-bond donors (Lipinski definition) is 3. The molecule has 1 unspecified atom stereocenters. The van der Waals surface area contributed by atoms with E-state index in [0.29, 0.717) is 13.1 Å². The zero-order valence-electron chi connectivity index (χ0n) is 12.0. The fraction of sp³-hybridized carbons (Fsp3) is 0.769. The lowest BCUT2D eigenvalue weighted by Crippen LogP contribution is -3.19. The van der Waals surface area contributed by atoms with Gasteiger partial charge in [0.2, 0.25) is 0 Å². The van der Waals surface area contributed by atoms with Crippen molar-refractivity contribution in [3.05, 3.63) is 0 Å². The predicted octanol–water partition coefficient (Wildman–Crippen LogP) is -1.56. The Bertz CT molecular complexity index is 402. The average Bonchev–Trinajstić information content (AvgIpc) is 2.37.